The van der Waals surface area contributed by atoms with E-state index in [-0.39, 0.29) is 18.7 Å². The van der Waals surface area contributed by atoms with E-state index in [9.17, 15) is 19.7 Å². The Morgan fingerprint density at radius 2 is 1.88 bits per heavy atom. The largest absolute Gasteiger partial charge is 0.469 e. The second-order valence-corrected chi connectivity index (χ2v) is 5.39. The van der Waals surface area contributed by atoms with Crippen molar-refractivity contribution in [3.8, 4) is 0 Å². The molecule has 0 saturated carbocycles. The smallest absolute Gasteiger partial charge is 0.407 e. The van der Waals surface area contributed by atoms with E-state index in [2.05, 4.69) is 10.1 Å². The Hall–Kier alpha value is -3.42. The number of nitrogens with zero attached hydrogens (tertiary/aromatic N) is 1. The molecule has 0 saturated heterocycles. The number of nitro groups is 1. The third-order valence-electron chi connectivity index (χ3n) is 3.59. The highest BCUT2D eigenvalue weighted by Crippen LogP contribution is 2.22. The second-order valence-electron chi connectivity index (χ2n) is 5.39. The van der Waals surface area contributed by atoms with Crippen LogP contribution in [0.25, 0.3) is 0 Å². The van der Waals surface area contributed by atoms with Crippen molar-refractivity contribution >= 4 is 17.7 Å². The van der Waals surface area contributed by atoms with Crippen LogP contribution >= 0.6 is 0 Å². The first kappa shape index (κ1) is 18.9. The maximum Gasteiger partial charge on any atom is 0.407 e. The number of non-ortho nitro benzene ring substituents is 1. The Morgan fingerprint density at radius 1 is 1.15 bits per heavy atom. The summed E-state index contributed by atoms with van der Waals surface area (Å²) >= 11 is 0. The predicted molar refractivity (Wildman–Crippen MR) is 92.2 cm³/mol. The zero-order valence-electron chi connectivity index (χ0n) is 14.1. The van der Waals surface area contributed by atoms with Gasteiger partial charge in [0.1, 0.15) is 6.61 Å². The van der Waals surface area contributed by atoms with E-state index < -0.39 is 23.0 Å². The molecular weight excluding hydrogens is 340 g/mol. The van der Waals surface area contributed by atoms with Crippen molar-refractivity contribution in [1.82, 2.24) is 5.32 Å². The summed E-state index contributed by atoms with van der Waals surface area (Å²) in [6.45, 7) is 0.0621. The lowest BCUT2D eigenvalue weighted by molar-refractivity contribution is -0.384. The van der Waals surface area contributed by atoms with Gasteiger partial charge in [-0.3, -0.25) is 14.9 Å². The fourth-order valence-corrected chi connectivity index (χ4v) is 2.26. The molecular formula is C18H18N2O6. The molecule has 1 N–H and O–H groups in total. The van der Waals surface area contributed by atoms with Crippen LogP contribution < -0.4 is 5.32 Å². The van der Waals surface area contributed by atoms with Gasteiger partial charge in [-0.2, -0.15) is 0 Å². The van der Waals surface area contributed by atoms with Crippen molar-refractivity contribution in [1.29, 1.82) is 0 Å². The van der Waals surface area contributed by atoms with E-state index in [1.807, 2.05) is 18.2 Å². The highest BCUT2D eigenvalue weighted by atomic mass is 16.6. The van der Waals surface area contributed by atoms with E-state index in [1.54, 1.807) is 18.2 Å². The van der Waals surface area contributed by atoms with E-state index >= 15 is 0 Å². The molecule has 1 amide bonds. The molecule has 0 aromatic heterocycles. The molecule has 1 unspecified atom stereocenters. The lowest BCUT2D eigenvalue weighted by Crippen LogP contribution is -2.31. The number of methoxy groups -OCH3 is 1. The van der Waals surface area contributed by atoms with Gasteiger partial charge < -0.3 is 14.8 Å². The fraction of sp³-hybridized carbons (Fsp3) is 0.222. The monoisotopic (exact) mass is 358 g/mol. The van der Waals surface area contributed by atoms with Crippen molar-refractivity contribution in [2.24, 2.45) is 0 Å². The molecule has 2 aromatic rings. The minimum Gasteiger partial charge on any atom is -0.469 e. The standard InChI is InChI=1S/C18H18N2O6/c1-25-17(21)11-16(14-8-5-9-15(10-14)20(23)24)19-18(22)26-12-13-6-3-2-4-7-13/h2-10,16H,11-12H2,1H3,(H,19,22). The van der Waals surface area contributed by atoms with Gasteiger partial charge in [0.2, 0.25) is 0 Å². The summed E-state index contributed by atoms with van der Waals surface area (Å²) in [6.07, 6.45) is -0.924. The van der Waals surface area contributed by atoms with Gasteiger partial charge in [0, 0.05) is 12.1 Å². The summed E-state index contributed by atoms with van der Waals surface area (Å²) in [6, 6.07) is 14.0. The zero-order chi connectivity index (χ0) is 18.9. The number of esters is 1. The van der Waals surface area contributed by atoms with Crippen molar-refractivity contribution in [3.63, 3.8) is 0 Å². The van der Waals surface area contributed by atoms with Crippen LogP contribution in [0.3, 0.4) is 0 Å². The number of alkyl carbamates (subject to hydrolysis) is 1. The normalized spacial score (nSPS) is 11.3. The highest BCUT2D eigenvalue weighted by molar-refractivity contribution is 5.73. The second kappa shape index (κ2) is 9.16. The molecule has 0 aliphatic carbocycles. The molecule has 0 bridgehead atoms. The van der Waals surface area contributed by atoms with Crippen molar-refractivity contribution in [2.45, 2.75) is 19.1 Å². The summed E-state index contributed by atoms with van der Waals surface area (Å²) in [5.41, 5.74) is 1.07. The molecule has 0 spiro atoms. The van der Waals surface area contributed by atoms with Crippen LogP contribution in [0, 0.1) is 10.1 Å². The fourth-order valence-electron chi connectivity index (χ4n) is 2.26. The molecule has 2 aromatic carbocycles. The van der Waals surface area contributed by atoms with Gasteiger partial charge in [-0.1, -0.05) is 42.5 Å². The first-order chi connectivity index (χ1) is 12.5. The first-order valence-corrected chi connectivity index (χ1v) is 7.78. The molecule has 26 heavy (non-hydrogen) atoms. The van der Waals surface area contributed by atoms with Crippen molar-refractivity contribution in [2.75, 3.05) is 7.11 Å². The third-order valence-corrected chi connectivity index (χ3v) is 3.59. The number of nitro benzene ring substituents is 1. The van der Waals surface area contributed by atoms with Gasteiger partial charge >= 0.3 is 12.1 Å². The average Bonchev–Trinajstić information content (AvgIpc) is 2.66. The number of amides is 1. The van der Waals surface area contributed by atoms with Gasteiger partial charge in [0.05, 0.1) is 24.5 Å². The lowest BCUT2D eigenvalue weighted by Gasteiger charge is -2.18. The number of nitrogens with one attached hydrogen (secondary N) is 1. The van der Waals surface area contributed by atoms with Gasteiger partial charge in [-0.05, 0) is 11.1 Å². The van der Waals surface area contributed by atoms with E-state index in [1.165, 1.54) is 25.3 Å². The number of carbonyl (C=O) groups is 2. The quantitative estimate of drug-likeness (QED) is 0.463. The Labute approximate surface area is 149 Å². The minimum atomic E-state index is -0.814. The van der Waals surface area contributed by atoms with Crippen molar-refractivity contribution < 1.29 is 24.0 Å². The van der Waals surface area contributed by atoms with Crippen molar-refractivity contribution in [3.05, 3.63) is 75.8 Å². The topological polar surface area (TPSA) is 108 Å². The Balaban J connectivity index is 2.09. The van der Waals surface area contributed by atoms with Crippen LogP contribution in [0.15, 0.2) is 54.6 Å². The summed E-state index contributed by atoms with van der Waals surface area (Å²) in [5.74, 6) is -0.565. The molecule has 8 nitrogen and oxygen atoms in total. The minimum absolute atomic E-state index is 0.0621. The van der Waals surface area contributed by atoms with Crippen LogP contribution in [-0.4, -0.2) is 24.1 Å². The van der Waals surface area contributed by atoms with E-state index in [0.29, 0.717) is 5.56 Å². The van der Waals surface area contributed by atoms with Crippen LogP contribution in [0.4, 0.5) is 10.5 Å². The predicted octanol–water partition coefficient (Wildman–Crippen LogP) is 3.13. The van der Waals surface area contributed by atoms with Crippen LogP contribution in [0.2, 0.25) is 0 Å². The molecule has 136 valence electrons. The van der Waals surface area contributed by atoms with Gasteiger partial charge in [-0.25, -0.2) is 4.79 Å². The number of benzene rings is 2. The average molecular weight is 358 g/mol. The van der Waals surface area contributed by atoms with Gasteiger partial charge in [0.15, 0.2) is 0 Å². The van der Waals surface area contributed by atoms with Crippen LogP contribution in [0.1, 0.15) is 23.6 Å². The zero-order valence-corrected chi connectivity index (χ0v) is 14.1. The summed E-state index contributed by atoms with van der Waals surface area (Å²) in [5, 5.41) is 13.5. The van der Waals surface area contributed by atoms with Crippen LogP contribution in [0.5, 0.6) is 0 Å². The summed E-state index contributed by atoms with van der Waals surface area (Å²) < 4.78 is 9.76. The van der Waals surface area contributed by atoms with E-state index in [4.69, 9.17) is 4.74 Å². The Morgan fingerprint density at radius 3 is 2.54 bits per heavy atom. The Bertz CT molecular complexity index is 778. The number of hydrogen-bond acceptors (Lipinski definition) is 6. The number of rotatable bonds is 7. The van der Waals surface area contributed by atoms with Gasteiger partial charge in [-0.15, -0.1) is 0 Å². The molecule has 8 heteroatoms. The maximum atomic E-state index is 12.1. The molecule has 0 aliphatic heterocycles. The molecule has 2 rings (SSSR count). The molecule has 1 atom stereocenters. The van der Waals surface area contributed by atoms with E-state index in [0.717, 1.165) is 5.56 Å². The summed E-state index contributed by atoms with van der Waals surface area (Å²) in [4.78, 5) is 34.1. The Kier molecular flexibility index (Phi) is 6.67. The lowest BCUT2D eigenvalue weighted by atomic mass is 10.0. The highest BCUT2D eigenvalue weighted by Gasteiger charge is 2.21. The molecule has 0 aliphatic rings. The van der Waals surface area contributed by atoms with Gasteiger partial charge in [0.25, 0.3) is 5.69 Å². The maximum absolute atomic E-state index is 12.1. The molecule has 0 fully saturated rings. The molecule has 0 heterocycles. The number of hydrogen-bond donors (Lipinski definition) is 1. The first-order valence-electron chi connectivity index (χ1n) is 7.78. The summed E-state index contributed by atoms with van der Waals surface area (Å²) in [7, 11) is 1.22. The molecule has 0 radical (unpaired) electrons. The third kappa shape index (κ3) is 5.59. The van der Waals surface area contributed by atoms with Crippen LogP contribution in [-0.2, 0) is 20.9 Å². The number of carbonyl (C=O) groups excluding carboxylic acids is 2. The SMILES string of the molecule is COC(=O)CC(NC(=O)OCc1ccccc1)c1cccc([N+](=O)[O-])c1. The number of ether oxygens (including phenoxy) is 2.